The van der Waals surface area contributed by atoms with Gasteiger partial charge in [-0.05, 0) is 23.1 Å². The fourth-order valence-corrected chi connectivity index (χ4v) is 6.37. The average molecular weight is 573 g/mol. The van der Waals surface area contributed by atoms with Crippen LogP contribution in [0.25, 0.3) is 0 Å². The molecule has 1 aliphatic rings. The number of carbonyl (C=O) groups is 1. The van der Waals surface area contributed by atoms with Gasteiger partial charge in [0.25, 0.3) is 11.4 Å². The number of benzene rings is 4. The molecule has 0 aliphatic heterocycles. The van der Waals surface area contributed by atoms with Crippen LogP contribution in [0.1, 0.15) is 45.3 Å². The predicted molar refractivity (Wildman–Crippen MR) is 155 cm³/mol. The van der Waals surface area contributed by atoms with Crippen LogP contribution in [0.5, 0.6) is 0 Å². The van der Waals surface area contributed by atoms with E-state index in [0.29, 0.717) is 5.56 Å². The Hall–Kier alpha value is -5.71. The number of rotatable bonds is 7. The van der Waals surface area contributed by atoms with Crippen molar-refractivity contribution in [2.75, 3.05) is 0 Å². The predicted octanol–water partition coefficient (Wildman–Crippen LogP) is 6.19. The number of ketones is 1. The van der Waals surface area contributed by atoms with Crippen molar-refractivity contribution in [3.63, 3.8) is 0 Å². The van der Waals surface area contributed by atoms with Crippen molar-refractivity contribution in [3.8, 4) is 12.1 Å². The molecule has 10 nitrogen and oxygen atoms in total. The molecule has 1 fully saturated rings. The van der Waals surface area contributed by atoms with Gasteiger partial charge in [-0.3, -0.25) is 25.0 Å². The molecule has 0 amide bonds. The molecule has 4 atom stereocenters. The average Bonchev–Trinajstić information content (AvgIpc) is 3.05. The smallest absolute Gasteiger partial charge is 0.269 e. The van der Waals surface area contributed by atoms with Crippen molar-refractivity contribution >= 4 is 17.2 Å². The number of nitro benzene ring substituents is 2. The van der Waals surface area contributed by atoms with Crippen molar-refractivity contribution in [2.24, 2.45) is 11.3 Å². The fraction of sp³-hybridized carbons (Fsp3) is 0.182. The molecule has 0 saturated heterocycles. The number of aliphatic hydroxyl groups is 1. The van der Waals surface area contributed by atoms with Crippen molar-refractivity contribution in [1.29, 1.82) is 10.5 Å². The van der Waals surface area contributed by atoms with Crippen molar-refractivity contribution in [3.05, 3.63) is 152 Å². The number of non-ortho nitro benzene ring substituents is 2. The summed E-state index contributed by atoms with van der Waals surface area (Å²) in [5.74, 6) is -4.54. The van der Waals surface area contributed by atoms with Gasteiger partial charge in [0.1, 0.15) is 5.60 Å². The normalized spacial score (nSPS) is 22.4. The highest BCUT2D eigenvalue weighted by Gasteiger charge is 2.64. The second-order valence-electron chi connectivity index (χ2n) is 10.5. The zero-order valence-corrected chi connectivity index (χ0v) is 22.6. The molecule has 0 unspecified atom stereocenters. The molecule has 0 radical (unpaired) electrons. The molecule has 1 aliphatic carbocycles. The minimum absolute atomic E-state index is 0.135. The van der Waals surface area contributed by atoms with Crippen molar-refractivity contribution < 1.29 is 19.7 Å². The molecule has 43 heavy (non-hydrogen) atoms. The van der Waals surface area contributed by atoms with E-state index in [1.807, 2.05) is 0 Å². The number of nitrogens with zero attached hydrogens (tertiary/aromatic N) is 4. The van der Waals surface area contributed by atoms with E-state index < -0.39 is 44.4 Å². The van der Waals surface area contributed by atoms with Crippen LogP contribution in [0.3, 0.4) is 0 Å². The van der Waals surface area contributed by atoms with Gasteiger partial charge in [0, 0.05) is 41.7 Å². The lowest BCUT2D eigenvalue weighted by molar-refractivity contribution is -0.385. The van der Waals surface area contributed by atoms with Gasteiger partial charge >= 0.3 is 0 Å². The maximum atomic E-state index is 14.5. The monoisotopic (exact) mass is 572 g/mol. The second kappa shape index (κ2) is 11.3. The summed E-state index contributed by atoms with van der Waals surface area (Å²) in [5, 5.41) is 57.9. The largest absolute Gasteiger partial charge is 0.384 e. The van der Waals surface area contributed by atoms with Crippen LogP contribution in [0.2, 0.25) is 0 Å². The van der Waals surface area contributed by atoms with Gasteiger partial charge in [-0.1, -0.05) is 84.9 Å². The Bertz CT molecular complexity index is 1780. The Labute approximate surface area is 246 Å². The first-order valence-corrected chi connectivity index (χ1v) is 13.3. The van der Waals surface area contributed by atoms with Gasteiger partial charge in [-0.15, -0.1) is 0 Å². The topological polar surface area (TPSA) is 171 Å². The van der Waals surface area contributed by atoms with E-state index in [1.165, 1.54) is 48.5 Å². The molecule has 0 bridgehead atoms. The van der Waals surface area contributed by atoms with Crippen LogP contribution in [-0.2, 0) is 5.60 Å². The molecule has 1 saturated carbocycles. The number of nitro groups is 2. The first kappa shape index (κ1) is 28.8. The van der Waals surface area contributed by atoms with E-state index in [4.69, 9.17) is 0 Å². The molecular formula is C33H24N4O6. The van der Waals surface area contributed by atoms with Gasteiger partial charge in [0.05, 0.1) is 27.9 Å². The van der Waals surface area contributed by atoms with E-state index >= 15 is 0 Å². The summed E-state index contributed by atoms with van der Waals surface area (Å²) in [6.07, 6.45) is -0.312. The summed E-state index contributed by atoms with van der Waals surface area (Å²) in [6.45, 7) is 0. The summed E-state index contributed by atoms with van der Waals surface area (Å²) in [4.78, 5) is 36.8. The Balaban J connectivity index is 1.88. The third kappa shape index (κ3) is 4.90. The number of Topliss-reactive ketones (excluding diaryl/α,β-unsaturated/α-hetero) is 1. The SMILES string of the molecule is N#CC1(C#N)[C@H](c2cccc([N+](=O)[O-])c2)[C@H](C(=O)c2ccccc2)[C@@](O)(c2ccccc2)C[C@H]1c1cccc([N+](=O)[O-])c1. The molecule has 4 aromatic rings. The Kier molecular flexibility index (Phi) is 7.56. The summed E-state index contributed by atoms with van der Waals surface area (Å²) >= 11 is 0. The van der Waals surface area contributed by atoms with Crippen LogP contribution in [-0.4, -0.2) is 20.7 Å². The summed E-state index contributed by atoms with van der Waals surface area (Å²) < 4.78 is 0. The first-order valence-electron chi connectivity index (χ1n) is 13.3. The van der Waals surface area contributed by atoms with Gasteiger partial charge in [0.2, 0.25) is 0 Å². The standard InChI is InChI=1S/C33H24N4O6/c34-20-32(21-35)28(23-11-7-15-26(17-23)36(40)41)19-33(39,25-13-5-2-6-14-25)30(31(38)22-9-3-1-4-10-22)29(32)24-12-8-16-27(18-24)37(42)43/h1-18,28-30,39H,19H2/t28-,29+,30+,33-/m0/s1. The maximum absolute atomic E-state index is 14.5. The quantitative estimate of drug-likeness (QED) is 0.155. The molecule has 0 spiro atoms. The molecule has 0 aromatic heterocycles. The molecule has 4 aromatic carbocycles. The Morgan fingerprint density at radius 3 is 1.81 bits per heavy atom. The molecule has 1 N–H and O–H groups in total. The highest BCUT2D eigenvalue weighted by Crippen LogP contribution is 2.63. The number of nitriles is 2. The lowest BCUT2D eigenvalue weighted by Crippen LogP contribution is -2.55. The Morgan fingerprint density at radius 2 is 1.28 bits per heavy atom. The minimum atomic E-state index is -2.08. The lowest BCUT2D eigenvalue weighted by atomic mass is 9.48. The highest BCUT2D eigenvalue weighted by atomic mass is 16.6. The molecule has 10 heteroatoms. The molecule has 5 rings (SSSR count). The molecular weight excluding hydrogens is 548 g/mol. The van der Waals surface area contributed by atoms with E-state index in [1.54, 1.807) is 60.7 Å². The van der Waals surface area contributed by atoms with E-state index in [0.717, 1.165) is 0 Å². The van der Waals surface area contributed by atoms with Crippen molar-refractivity contribution in [2.45, 2.75) is 23.9 Å². The zero-order chi connectivity index (χ0) is 30.8. The third-order valence-corrected chi connectivity index (χ3v) is 8.31. The van der Waals surface area contributed by atoms with Crippen LogP contribution in [0.4, 0.5) is 11.4 Å². The van der Waals surface area contributed by atoms with Crippen LogP contribution < -0.4 is 0 Å². The van der Waals surface area contributed by atoms with Gasteiger partial charge in [-0.25, -0.2) is 0 Å². The zero-order valence-electron chi connectivity index (χ0n) is 22.6. The second-order valence-corrected chi connectivity index (χ2v) is 10.5. The van der Waals surface area contributed by atoms with E-state index in [9.17, 15) is 40.7 Å². The van der Waals surface area contributed by atoms with Gasteiger partial charge in [0.15, 0.2) is 11.2 Å². The van der Waals surface area contributed by atoms with Crippen molar-refractivity contribution in [1.82, 2.24) is 0 Å². The first-order chi connectivity index (χ1) is 20.7. The highest BCUT2D eigenvalue weighted by molar-refractivity contribution is 5.99. The van der Waals surface area contributed by atoms with Gasteiger partial charge < -0.3 is 5.11 Å². The minimum Gasteiger partial charge on any atom is -0.384 e. The summed E-state index contributed by atoms with van der Waals surface area (Å²) in [6, 6.07) is 31.6. The Morgan fingerprint density at radius 1 is 0.767 bits per heavy atom. The number of carbonyl (C=O) groups excluding carboxylic acids is 1. The number of hydrogen-bond acceptors (Lipinski definition) is 8. The molecule has 212 valence electrons. The van der Waals surface area contributed by atoms with Gasteiger partial charge in [-0.2, -0.15) is 10.5 Å². The van der Waals surface area contributed by atoms with Crippen LogP contribution in [0, 0.1) is 54.2 Å². The van der Waals surface area contributed by atoms with E-state index in [-0.39, 0.29) is 34.5 Å². The lowest BCUT2D eigenvalue weighted by Gasteiger charge is -2.53. The van der Waals surface area contributed by atoms with Crippen LogP contribution >= 0.6 is 0 Å². The van der Waals surface area contributed by atoms with E-state index in [2.05, 4.69) is 12.1 Å². The summed E-state index contributed by atoms with van der Waals surface area (Å²) in [5.41, 5.74) is -3.76. The maximum Gasteiger partial charge on any atom is 0.269 e. The fourth-order valence-electron chi connectivity index (χ4n) is 6.37. The number of hydrogen-bond donors (Lipinski definition) is 1. The molecule has 0 heterocycles. The van der Waals surface area contributed by atoms with Crippen LogP contribution in [0.15, 0.2) is 109 Å². The summed E-state index contributed by atoms with van der Waals surface area (Å²) in [7, 11) is 0. The third-order valence-electron chi connectivity index (χ3n) is 8.31.